The molecule has 1 aliphatic rings. The molecule has 0 unspecified atom stereocenters. The number of aromatic amines is 1. The van der Waals surface area contributed by atoms with Gasteiger partial charge in [-0.25, -0.2) is 4.68 Å². The number of rotatable bonds is 3. The Morgan fingerprint density at radius 2 is 1.30 bits per heavy atom. The number of H-pyrrole nitrogens is 1. The molecule has 0 spiro atoms. The zero-order valence-corrected chi connectivity index (χ0v) is 21.3. The van der Waals surface area contributed by atoms with Crippen LogP contribution in [-0.2, 0) is 4.79 Å². The van der Waals surface area contributed by atoms with Crippen molar-refractivity contribution in [2.45, 2.75) is 13.8 Å². The van der Waals surface area contributed by atoms with E-state index in [0.29, 0.717) is 21.5 Å². The molecule has 6 nitrogen and oxygen atoms in total. The molecule has 0 saturated heterocycles. The number of carbonyl (C=O) groups excluding carboxylic acids is 1. The van der Waals surface area contributed by atoms with E-state index in [0.717, 1.165) is 5.01 Å². The zero-order valence-electron chi connectivity index (χ0n) is 16.8. The quantitative estimate of drug-likeness (QED) is 0.342. The largest absolute Gasteiger partial charge is 0.295 e. The lowest BCUT2D eigenvalue weighted by Gasteiger charge is -2.15. The lowest BCUT2D eigenvalue weighted by Crippen LogP contribution is -2.22. The van der Waals surface area contributed by atoms with Gasteiger partial charge in [-0.1, -0.05) is 69.6 Å². The van der Waals surface area contributed by atoms with Crippen LogP contribution in [-0.4, -0.2) is 21.4 Å². The first-order chi connectivity index (χ1) is 15.5. The summed E-state index contributed by atoms with van der Waals surface area (Å²) in [4.78, 5) is 26.4. The molecule has 0 bridgehead atoms. The molecule has 1 aliphatic heterocycles. The van der Waals surface area contributed by atoms with Gasteiger partial charge in [0.25, 0.3) is 11.5 Å². The van der Waals surface area contributed by atoms with Gasteiger partial charge in [0.05, 0.1) is 36.9 Å². The van der Waals surface area contributed by atoms with E-state index in [-0.39, 0.29) is 42.6 Å². The smallest absolute Gasteiger partial charge is 0.280 e. The second-order valence-corrected chi connectivity index (χ2v) is 9.59. The average molecular weight is 565 g/mol. The van der Waals surface area contributed by atoms with Crippen molar-refractivity contribution in [1.82, 2.24) is 9.78 Å². The molecule has 33 heavy (non-hydrogen) atoms. The molecule has 1 aromatic heterocycles. The standard InChI is InChI=1S/C21H12Cl6N4O2/c1-8-12(20(32)30(28-8)18-14(24)3-10(22)4-15(18)25)7-13-9(2)29-31(21(13)33)19-16(26)5-11(23)6-17(19)27/h3-7,28H,1-2H3. The predicted molar refractivity (Wildman–Crippen MR) is 136 cm³/mol. The van der Waals surface area contributed by atoms with Crippen LogP contribution < -0.4 is 10.6 Å². The first-order valence-electron chi connectivity index (χ1n) is 9.22. The van der Waals surface area contributed by atoms with E-state index in [1.54, 1.807) is 13.8 Å². The monoisotopic (exact) mass is 562 g/mol. The molecular weight excluding hydrogens is 553 g/mol. The van der Waals surface area contributed by atoms with Gasteiger partial charge in [-0.2, -0.15) is 10.1 Å². The molecular formula is C21H12Cl6N4O2. The molecule has 3 aromatic rings. The van der Waals surface area contributed by atoms with Crippen LogP contribution in [0.15, 0.2) is 39.7 Å². The molecule has 0 fully saturated rings. The summed E-state index contributed by atoms with van der Waals surface area (Å²) in [5, 5.41) is 9.61. The number of hydrogen-bond donors (Lipinski definition) is 1. The minimum Gasteiger partial charge on any atom is -0.295 e. The van der Waals surface area contributed by atoms with Crippen LogP contribution in [0.3, 0.4) is 0 Å². The van der Waals surface area contributed by atoms with Gasteiger partial charge in [0, 0.05) is 15.7 Å². The van der Waals surface area contributed by atoms with Crippen LogP contribution in [0.5, 0.6) is 0 Å². The van der Waals surface area contributed by atoms with Crippen LogP contribution in [0.4, 0.5) is 5.69 Å². The first-order valence-corrected chi connectivity index (χ1v) is 11.5. The summed E-state index contributed by atoms with van der Waals surface area (Å²) in [6.45, 7) is 3.31. The lowest BCUT2D eigenvalue weighted by atomic mass is 10.1. The van der Waals surface area contributed by atoms with Crippen LogP contribution >= 0.6 is 69.6 Å². The first kappa shape index (κ1) is 24.2. The van der Waals surface area contributed by atoms with Gasteiger partial charge in [0.15, 0.2) is 0 Å². The van der Waals surface area contributed by atoms with E-state index in [2.05, 4.69) is 10.2 Å². The molecule has 170 valence electrons. The van der Waals surface area contributed by atoms with Gasteiger partial charge in [0.2, 0.25) is 0 Å². The Hall–Kier alpha value is -1.93. The number of carbonyl (C=O) groups is 1. The Kier molecular flexibility index (Phi) is 6.62. The maximum absolute atomic E-state index is 13.2. The normalized spacial score (nSPS) is 15.0. The third-order valence-corrected chi connectivity index (χ3v) is 6.46. The summed E-state index contributed by atoms with van der Waals surface area (Å²) in [7, 11) is 0. The highest BCUT2D eigenvalue weighted by atomic mass is 35.5. The topological polar surface area (TPSA) is 70.5 Å². The molecule has 2 heterocycles. The van der Waals surface area contributed by atoms with Crippen LogP contribution in [0.25, 0.3) is 11.8 Å². The van der Waals surface area contributed by atoms with Crippen molar-refractivity contribution in [2.24, 2.45) is 5.10 Å². The molecule has 4 rings (SSSR count). The molecule has 0 radical (unpaired) electrons. The van der Waals surface area contributed by atoms with Crippen molar-refractivity contribution < 1.29 is 4.79 Å². The minimum atomic E-state index is -0.507. The minimum absolute atomic E-state index is 0.158. The van der Waals surface area contributed by atoms with E-state index in [4.69, 9.17) is 69.6 Å². The molecule has 1 N–H and O–H groups in total. The number of hydrogen-bond acceptors (Lipinski definition) is 3. The van der Waals surface area contributed by atoms with E-state index < -0.39 is 11.5 Å². The van der Waals surface area contributed by atoms with E-state index in [1.807, 2.05) is 0 Å². The second-order valence-electron chi connectivity index (χ2n) is 7.09. The maximum atomic E-state index is 13.2. The number of benzene rings is 2. The Morgan fingerprint density at radius 3 is 1.82 bits per heavy atom. The number of aryl methyl sites for hydroxylation is 1. The highest BCUT2D eigenvalue weighted by Gasteiger charge is 2.32. The molecule has 1 amide bonds. The van der Waals surface area contributed by atoms with Crippen LogP contribution in [0.2, 0.25) is 30.1 Å². The third kappa shape index (κ3) is 4.32. The van der Waals surface area contributed by atoms with Crippen molar-refractivity contribution in [2.75, 3.05) is 5.01 Å². The fraction of sp³-hybridized carbons (Fsp3) is 0.0952. The molecule has 0 aliphatic carbocycles. The summed E-state index contributed by atoms with van der Waals surface area (Å²) >= 11 is 37.0. The SMILES string of the molecule is CC1=NN(c2c(Cl)cc(Cl)cc2Cl)C(=O)C1=Cc1c(C)[nH]n(-c2c(Cl)cc(Cl)cc2Cl)c1=O. The number of nitrogens with zero attached hydrogens (tertiary/aromatic N) is 3. The molecule has 0 saturated carbocycles. The summed E-state index contributed by atoms with van der Waals surface area (Å²) in [5.74, 6) is -0.507. The van der Waals surface area contributed by atoms with Crippen molar-refractivity contribution in [1.29, 1.82) is 0 Å². The van der Waals surface area contributed by atoms with Gasteiger partial charge in [-0.05, 0) is 44.2 Å². The van der Waals surface area contributed by atoms with Crippen molar-refractivity contribution in [3.8, 4) is 5.69 Å². The number of nitrogens with one attached hydrogen (secondary N) is 1. The second kappa shape index (κ2) is 9.02. The Balaban J connectivity index is 1.80. The van der Waals surface area contributed by atoms with Gasteiger partial charge in [-0.15, -0.1) is 0 Å². The number of anilines is 1. The number of amides is 1. The van der Waals surface area contributed by atoms with Gasteiger partial charge >= 0.3 is 0 Å². The summed E-state index contributed by atoms with van der Waals surface area (Å²) in [6, 6.07) is 5.86. The molecule has 12 heteroatoms. The van der Waals surface area contributed by atoms with Gasteiger partial charge < -0.3 is 0 Å². The highest BCUT2D eigenvalue weighted by Crippen LogP contribution is 2.39. The van der Waals surface area contributed by atoms with Crippen molar-refractivity contribution in [3.63, 3.8) is 0 Å². The maximum Gasteiger partial charge on any atom is 0.280 e. The number of aromatic nitrogens is 2. The lowest BCUT2D eigenvalue weighted by molar-refractivity contribution is -0.114. The van der Waals surface area contributed by atoms with E-state index in [1.165, 1.54) is 35.0 Å². The van der Waals surface area contributed by atoms with Crippen LogP contribution in [0, 0.1) is 6.92 Å². The van der Waals surface area contributed by atoms with E-state index >= 15 is 0 Å². The fourth-order valence-corrected chi connectivity index (χ4v) is 5.32. The van der Waals surface area contributed by atoms with Gasteiger partial charge in [-0.3, -0.25) is 14.7 Å². The number of hydrazone groups is 1. The Bertz CT molecular complexity index is 1410. The summed E-state index contributed by atoms with van der Waals surface area (Å²) in [5.41, 5.74) is 1.24. The third-order valence-electron chi connectivity index (χ3n) is 4.87. The predicted octanol–water partition coefficient (Wildman–Crippen LogP) is 7.20. The Labute approximate surface area is 217 Å². The van der Waals surface area contributed by atoms with Crippen molar-refractivity contribution >= 4 is 93.0 Å². The Morgan fingerprint density at radius 1 is 0.818 bits per heavy atom. The highest BCUT2D eigenvalue weighted by molar-refractivity contribution is 6.44. The van der Waals surface area contributed by atoms with E-state index in [9.17, 15) is 9.59 Å². The molecule has 2 aromatic carbocycles. The van der Waals surface area contributed by atoms with Gasteiger partial charge in [0.1, 0.15) is 11.4 Å². The van der Waals surface area contributed by atoms with Crippen LogP contribution in [0.1, 0.15) is 18.2 Å². The summed E-state index contributed by atoms with van der Waals surface area (Å²) < 4.78 is 1.19. The van der Waals surface area contributed by atoms with Crippen molar-refractivity contribution in [3.05, 3.63) is 81.6 Å². The number of halogens is 6. The fourth-order valence-electron chi connectivity index (χ4n) is 3.35. The zero-order chi connectivity index (χ0) is 24.2. The summed E-state index contributed by atoms with van der Waals surface area (Å²) in [6.07, 6.45) is 1.45. The molecule has 0 atom stereocenters. The average Bonchev–Trinajstić information content (AvgIpc) is 3.11.